The first-order valence-electron chi connectivity index (χ1n) is 8.95. The second kappa shape index (κ2) is 6.67. The summed E-state index contributed by atoms with van der Waals surface area (Å²) in [5.74, 6) is 0. The number of pyridine rings is 1. The molecule has 0 bridgehead atoms. The molecule has 5 heteroatoms. The molecule has 2 aliphatic rings. The Balaban J connectivity index is 1.42. The standard InChI is InChI=1S/C19H26N4O/c1-21-8-10-23(11-9-21)16-6-7-22(14-16)13-15-12-19(24)17-4-2-3-5-18(17)20-15/h2-5,12,16H,6-11,13-14H2,1H3,(H,20,24)/t16-/m1/s1. The van der Waals surface area contributed by atoms with Crippen LogP contribution in [0.1, 0.15) is 12.1 Å². The van der Waals surface area contributed by atoms with Crippen LogP contribution in [0, 0.1) is 0 Å². The van der Waals surface area contributed by atoms with Gasteiger partial charge in [0.25, 0.3) is 0 Å². The molecule has 5 nitrogen and oxygen atoms in total. The van der Waals surface area contributed by atoms with Gasteiger partial charge in [-0.25, -0.2) is 0 Å². The van der Waals surface area contributed by atoms with Gasteiger partial charge in [-0.05, 0) is 25.6 Å². The van der Waals surface area contributed by atoms with Crippen molar-refractivity contribution in [3.63, 3.8) is 0 Å². The Morgan fingerprint density at radius 1 is 1.12 bits per heavy atom. The van der Waals surface area contributed by atoms with Crippen molar-refractivity contribution in [1.29, 1.82) is 0 Å². The van der Waals surface area contributed by atoms with Gasteiger partial charge in [0.1, 0.15) is 0 Å². The fourth-order valence-electron chi connectivity index (χ4n) is 4.02. The second-order valence-electron chi connectivity index (χ2n) is 7.22. The number of para-hydroxylation sites is 1. The molecular weight excluding hydrogens is 300 g/mol. The number of nitrogens with zero attached hydrogens (tertiary/aromatic N) is 3. The first-order chi connectivity index (χ1) is 11.7. The maximum atomic E-state index is 12.3. The monoisotopic (exact) mass is 326 g/mol. The molecule has 128 valence electrons. The molecule has 0 aliphatic carbocycles. The highest BCUT2D eigenvalue weighted by Crippen LogP contribution is 2.19. The Morgan fingerprint density at radius 2 is 1.92 bits per heavy atom. The molecule has 2 aromatic rings. The van der Waals surface area contributed by atoms with E-state index >= 15 is 0 Å². The Labute approximate surface area is 142 Å². The number of piperazine rings is 1. The van der Waals surface area contributed by atoms with E-state index in [0.29, 0.717) is 6.04 Å². The quantitative estimate of drug-likeness (QED) is 0.925. The van der Waals surface area contributed by atoms with E-state index < -0.39 is 0 Å². The first kappa shape index (κ1) is 15.8. The number of hydrogen-bond acceptors (Lipinski definition) is 4. The molecule has 1 aromatic heterocycles. The van der Waals surface area contributed by atoms with Crippen LogP contribution in [0.25, 0.3) is 10.9 Å². The van der Waals surface area contributed by atoms with Gasteiger partial charge in [0, 0.05) is 74.5 Å². The van der Waals surface area contributed by atoms with Crippen molar-refractivity contribution >= 4 is 10.9 Å². The van der Waals surface area contributed by atoms with Crippen molar-refractivity contribution in [2.75, 3.05) is 46.3 Å². The number of hydrogen-bond donors (Lipinski definition) is 1. The number of benzene rings is 1. The fourth-order valence-corrected chi connectivity index (χ4v) is 4.02. The summed E-state index contributed by atoms with van der Waals surface area (Å²) in [5.41, 5.74) is 2.08. The predicted octanol–water partition coefficient (Wildman–Crippen LogP) is 1.35. The molecule has 0 spiro atoms. The molecule has 2 fully saturated rings. The third-order valence-electron chi connectivity index (χ3n) is 5.49. The molecule has 1 N–H and O–H groups in total. The lowest BCUT2D eigenvalue weighted by atomic mass is 10.2. The van der Waals surface area contributed by atoms with E-state index in [4.69, 9.17) is 0 Å². The van der Waals surface area contributed by atoms with Gasteiger partial charge in [-0.15, -0.1) is 0 Å². The van der Waals surface area contributed by atoms with Crippen LogP contribution in [0.3, 0.4) is 0 Å². The largest absolute Gasteiger partial charge is 0.357 e. The number of nitrogens with one attached hydrogen (secondary N) is 1. The summed E-state index contributed by atoms with van der Waals surface area (Å²) in [6.45, 7) is 7.78. The highest BCUT2D eigenvalue weighted by molar-refractivity contribution is 5.78. The zero-order valence-electron chi connectivity index (χ0n) is 14.4. The first-order valence-corrected chi connectivity index (χ1v) is 8.95. The molecule has 0 amide bonds. The average molecular weight is 326 g/mol. The molecule has 0 radical (unpaired) electrons. The molecule has 0 saturated carbocycles. The van der Waals surface area contributed by atoms with Crippen LogP contribution in [0.2, 0.25) is 0 Å². The molecule has 1 atom stereocenters. The van der Waals surface area contributed by atoms with E-state index in [9.17, 15) is 4.79 Å². The van der Waals surface area contributed by atoms with Crippen LogP contribution in [-0.2, 0) is 6.54 Å². The van der Waals surface area contributed by atoms with Gasteiger partial charge < -0.3 is 9.88 Å². The zero-order valence-corrected chi connectivity index (χ0v) is 14.4. The van der Waals surface area contributed by atoms with Crippen LogP contribution in [0.5, 0.6) is 0 Å². The summed E-state index contributed by atoms with van der Waals surface area (Å²) in [4.78, 5) is 23.2. The highest BCUT2D eigenvalue weighted by Gasteiger charge is 2.29. The van der Waals surface area contributed by atoms with Crippen molar-refractivity contribution in [2.45, 2.75) is 19.0 Å². The van der Waals surface area contributed by atoms with E-state index in [1.807, 2.05) is 24.3 Å². The molecule has 4 rings (SSSR count). The van der Waals surface area contributed by atoms with Gasteiger partial charge in [0.15, 0.2) is 5.43 Å². The van der Waals surface area contributed by atoms with E-state index in [0.717, 1.165) is 36.2 Å². The normalized spacial score (nSPS) is 24.0. The van der Waals surface area contributed by atoms with Crippen molar-refractivity contribution in [3.05, 3.63) is 46.2 Å². The maximum absolute atomic E-state index is 12.3. The molecule has 3 heterocycles. The van der Waals surface area contributed by atoms with Gasteiger partial charge in [-0.2, -0.15) is 0 Å². The SMILES string of the molecule is CN1CCN([C@@H]2CCN(Cc3cc(=O)c4ccccc4[nH]3)C2)CC1. The number of H-pyrrole nitrogens is 1. The molecular formula is C19H26N4O. The predicted molar refractivity (Wildman–Crippen MR) is 97.3 cm³/mol. The summed E-state index contributed by atoms with van der Waals surface area (Å²) in [7, 11) is 2.20. The summed E-state index contributed by atoms with van der Waals surface area (Å²) < 4.78 is 0. The van der Waals surface area contributed by atoms with Gasteiger partial charge >= 0.3 is 0 Å². The fraction of sp³-hybridized carbons (Fsp3) is 0.526. The number of likely N-dealkylation sites (N-methyl/N-ethyl adjacent to an activating group) is 1. The summed E-state index contributed by atoms with van der Waals surface area (Å²) in [6.07, 6.45) is 1.24. The maximum Gasteiger partial charge on any atom is 0.189 e. The number of aromatic nitrogens is 1. The Bertz CT molecular complexity index is 763. The number of likely N-dealkylation sites (tertiary alicyclic amines) is 1. The lowest BCUT2D eigenvalue weighted by molar-refractivity contribution is 0.112. The Kier molecular flexibility index (Phi) is 4.39. The Morgan fingerprint density at radius 3 is 2.75 bits per heavy atom. The van der Waals surface area contributed by atoms with E-state index in [1.54, 1.807) is 6.07 Å². The lowest BCUT2D eigenvalue weighted by Crippen LogP contribution is -2.49. The van der Waals surface area contributed by atoms with Gasteiger partial charge in [-0.3, -0.25) is 14.6 Å². The van der Waals surface area contributed by atoms with Crippen LogP contribution < -0.4 is 5.43 Å². The van der Waals surface area contributed by atoms with Crippen LogP contribution in [-0.4, -0.2) is 72.0 Å². The van der Waals surface area contributed by atoms with Crippen molar-refractivity contribution in [2.24, 2.45) is 0 Å². The number of rotatable bonds is 3. The van der Waals surface area contributed by atoms with Crippen molar-refractivity contribution < 1.29 is 0 Å². The molecule has 0 unspecified atom stereocenters. The van der Waals surface area contributed by atoms with E-state index in [1.165, 1.54) is 32.6 Å². The minimum atomic E-state index is 0.120. The van der Waals surface area contributed by atoms with Gasteiger partial charge in [-0.1, -0.05) is 12.1 Å². The third-order valence-corrected chi connectivity index (χ3v) is 5.49. The Hall–Kier alpha value is -1.69. The van der Waals surface area contributed by atoms with Crippen molar-refractivity contribution in [3.8, 4) is 0 Å². The van der Waals surface area contributed by atoms with Gasteiger partial charge in [0.2, 0.25) is 0 Å². The summed E-state index contributed by atoms with van der Waals surface area (Å²) in [6, 6.07) is 10.2. The van der Waals surface area contributed by atoms with Crippen LogP contribution in [0.15, 0.2) is 35.1 Å². The number of aromatic amines is 1. The van der Waals surface area contributed by atoms with Crippen LogP contribution in [0.4, 0.5) is 0 Å². The van der Waals surface area contributed by atoms with Crippen molar-refractivity contribution in [1.82, 2.24) is 19.7 Å². The van der Waals surface area contributed by atoms with Crippen LogP contribution >= 0.6 is 0 Å². The average Bonchev–Trinajstić information content (AvgIpc) is 3.04. The zero-order chi connectivity index (χ0) is 16.5. The molecule has 2 saturated heterocycles. The number of fused-ring (bicyclic) bond motifs is 1. The third kappa shape index (κ3) is 3.24. The minimum absolute atomic E-state index is 0.120. The minimum Gasteiger partial charge on any atom is -0.357 e. The molecule has 24 heavy (non-hydrogen) atoms. The smallest absolute Gasteiger partial charge is 0.189 e. The lowest BCUT2D eigenvalue weighted by Gasteiger charge is -2.36. The summed E-state index contributed by atoms with van der Waals surface area (Å²) >= 11 is 0. The topological polar surface area (TPSA) is 42.6 Å². The summed E-state index contributed by atoms with van der Waals surface area (Å²) in [5, 5.41) is 0.776. The van der Waals surface area contributed by atoms with E-state index in [-0.39, 0.29) is 5.43 Å². The second-order valence-corrected chi connectivity index (χ2v) is 7.22. The van der Waals surface area contributed by atoms with Gasteiger partial charge in [0.05, 0.1) is 0 Å². The van der Waals surface area contributed by atoms with E-state index in [2.05, 4.69) is 26.7 Å². The molecule has 2 aliphatic heterocycles. The highest BCUT2D eigenvalue weighted by atomic mass is 16.1. The molecule has 1 aromatic carbocycles.